The van der Waals surface area contributed by atoms with Crippen molar-refractivity contribution < 1.29 is 4.74 Å². The standard InChI is InChI=1S/C8H10O/c1-3-8-5-4-7(2)6-9-8/h1-2,7-8H,4-6H2. The third-order valence-electron chi connectivity index (χ3n) is 1.50. The van der Waals surface area contributed by atoms with E-state index in [0.717, 1.165) is 12.8 Å². The second-order valence-electron chi connectivity index (χ2n) is 2.33. The molecule has 0 N–H and O–H groups in total. The van der Waals surface area contributed by atoms with Crippen molar-refractivity contribution in [1.82, 2.24) is 0 Å². The molecule has 9 heavy (non-hydrogen) atoms. The number of ether oxygens (including phenoxy) is 1. The van der Waals surface area contributed by atoms with Gasteiger partial charge in [-0.25, -0.2) is 0 Å². The molecule has 0 amide bonds. The van der Waals surface area contributed by atoms with Crippen molar-refractivity contribution in [3.05, 3.63) is 6.92 Å². The first-order chi connectivity index (χ1) is 4.33. The highest BCUT2D eigenvalue weighted by molar-refractivity contribution is 4.96. The van der Waals surface area contributed by atoms with Crippen LogP contribution in [0, 0.1) is 25.2 Å². The van der Waals surface area contributed by atoms with Crippen molar-refractivity contribution in [3.63, 3.8) is 0 Å². The number of rotatable bonds is 0. The van der Waals surface area contributed by atoms with Crippen LogP contribution in [0.5, 0.6) is 0 Å². The van der Waals surface area contributed by atoms with Gasteiger partial charge in [-0.3, -0.25) is 0 Å². The van der Waals surface area contributed by atoms with Gasteiger partial charge in [0.25, 0.3) is 0 Å². The summed E-state index contributed by atoms with van der Waals surface area (Å²) in [5.41, 5.74) is 0. The van der Waals surface area contributed by atoms with Gasteiger partial charge in [0, 0.05) is 0 Å². The molecular weight excluding hydrogens is 112 g/mol. The highest BCUT2D eigenvalue weighted by Crippen LogP contribution is 2.16. The monoisotopic (exact) mass is 122 g/mol. The lowest BCUT2D eigenvalue weighted by Gasteiger charge is -2.22. The molecule has 0 aromatic rings. The summed E-state index contributed by atoms with van der Waals surface area (Å²) >= 11 is 0. The fourth-order valence-electron chi connectivity index (χ4n) is 0.903. The molecule has 0 aliphatic carbocycles. The van der Waals surface area contributed by atoms with E-state index in [0.29, 0.717) is 6.61 Å². The van der Waals surface area contributed by atoms with E-state index in [2.05, 4.69) is 5.92 Å². The van der Waals surface area contributed by atoms with Gasteiger partial charge in [0.05, 0.1) is 6.61 Å². The summed E-state index contributed by atoms with van der Waals surface area (Å²) in [4.78, 5) is 0. The molecule has 1 aliphatic heterocycles. The lowest BCUT2D eigenvalue weighted by molar-refractivity contribution is 0.0292. The molecule has 1 saturated heterocycles. The predicted molar refractivity (Wildman–Crippen MR) is 35.6 cm³/mol. The molecule has 2 atom stereocenters. The molecule has 0 saturated carbocycles. The lowest BCUT2D eigenvalue weighted by atomic mass is 10.0. The van der Waals surface area contributed by atoms with Crippen LogP contribution >= 0.6 is 0 Å². The topological polar surface area (TPSA) is 9.23 Å². The van der Waals surface area contributed by atoms with Crippen LogP contribution in [0.2, 0.25) is 0 Å². The molecule has 1 nitrogen and oxygen atoms in total. The largest absolute Gasteiger partial charge is 0.365 e. The summed E-state index contributed by atoms with van der Waals surface area (Å²) < 4.78 is 5.18. The molecule has 2 unspecified atom stereocenters. The van der Waals surface area contributed by atoms with Crippen molar-refractivity contribution in [2.24, 2.45) is 5.92 Å². The van der Waals surface area contributed by atoms with Gasteiger partial charge in [-0.15, -0.1) is 6.42 Å². The summed E-state index contributed by atoms with van der Waals surface area (Å²) in [5, 5.41) is 0. The maximum absolute atomic E-state index is 5.56. The summed E-state index contributed by atoms with van der Waals surface area (Å²) in [6.45, 7) is 6.18. The van der Waals surface area contributed by atoms with E-state index in [1.165, 1.54) is 0 Å². The van der Waals surface area contributed by atoms with Crippen LogP contribution in [-0.2, 0) is 4.74 Å². The van der Waals surface area contributed by atoms with Crippen LogP contribution in [0.3, 0.4) is 0 Å². The summed E-state index contributed by atoms with van der Waals surface area (Å²) in [7, 11) is 0. The number of hydrogen-bond acceptors (Lipinski definition) is 1. The molecule has 1 aliphatic rings. The molecule has 0 bridgehead atoms. The van der Waals surface area contributed by atoms with Crippen molar-refractivity contribution in [3.8, 4) is 12.3 Å². The van der Waals surface area contributed by atoms with Crippen LogP contribution in [0.25, 0.3) is 0 Å². The Morgan fingerprint density at radius 3 is 2.67 bits per heavy atom. The van der Waals surface area contributed by atoms with Gasteiger partial charge in [0.15, 0.2) is 0 Å². The van der Waals surface area contributed by atoms with E-state index in [9.17, 15) is 0 Å². The Labute approximate surface area is 56.4 Å². The number of hydrogen-bond donors (Lipinski definition) is 0. The van der Waals surface area contributed by atoms with Crippen LogP contribution in [0.15, 0.2) is 0 Å². The van der Waals surface area contributed by atoms with Gasteiger partial charge >= 0.3 is 0 Å². The third-order valence-corrected chi connectivity index (χ3v) is 1.50. The fourth-order valence-corrected chi connectivity index (χ4v) is 0.903. The van der Waals surface area contributed by atoms with E-state index in [-0.39, 0.29) is 12.0 Å². The zero-order valence-corrected chi connectivity index (χ0v) is 5.34. The van der Waals surface area contributed by atoms with E-state index < -0.39 is 0 Å². The first-order valence-corrected chi connectivity index (χ1v) is 3.16. The summed E-state index contributed by atoms with van der Waals surface area (Å²) in [6.07, 6.45) is 7.06. The van der Waals surface area contributed by atoms with Gasteiger partial charge in [0.1, 0.15) is 6.10 Å². The van der Waals surface area contributed by atoms with E-state index in [1.807, 2.05) is 0 Å². The Bertz CT molecular complexity index is 115. The van der Waals surface area contributed by atoms with E-state index >= 15 is 0 Å². The first-order valence-electron chi connectivity index (χ1n) is 3.16. The molecule has 0 spiro atoms. The first kappa shape index (κ1) is 6.64. The third kappa shape index (κ3) is 1.73. The summed E-state index contributed by atoms with van der Waals surface area (Å²) in [5.74, 6) is 2.75. The average Bonchev–Trinajstić information content (AvgIpc) is 1.90. The highest BCUT2D eigenvalue weighted by atomic mass is 16.5. The second kappa shape index (κ2) is 2.89. The maximum Gasteiger partial charge on any atom is 0.117 e. The Morgan fingerprint density at radius 2 is 2.22 bits per heavy atom. The smallest absolute Gasteiger partial charge is 0.117 e. The second-order valence-corrected chi connectivity index (χ2v) is 2.33. The maximum atomic E-state index is 5.56. The minimum Gasteiger partial charge on any atom is -0.365 e. The fraction of sp³-hybridized carbons (Fsp3) is 0.625. The minimum absolute atomic E-state index is 0.0183. The molecule has 2 radical (unpaired) electrons. The molecule has 0 aromatic carbocycles. The lowest BCUT2D eigenvalue weighted by Crippen LogP contribution is -2.22. The van der Waals surface area contributed by atoms with Gasteiger partial charge in [-0.1, -0.05) is 5.92 Å². The van der Waals surface area contributed by atoms with Crippen molar-refractivity contribution >= 4 is 0 Å². The predicted octanol–water partition coefficient (Wildman–Crippen LogP) is 1.13. The quantitative estimate of drug-likeness (QED) is 0.437. The highest BCUT2D eigenvalue weighted by Gasteiger charge is 2.15. The van der Waals surface area contributed by atoms with Gasteiger partial charge in [-0.05, 0) is 25.7 Å². The van der Waals surface area contributed by atoms with Crippen molar-refractivity contribution in [2.45, 2.75) is 18.9 Å². The molecule has 1 fully saturated rings. The van der Waals surface area contributed by atoms with E-state index in [4.69, 9.17) is 18.1 Å². The van der Waals surface area contributed by atoms with Crippen molar-refractivity contribution in [2.75, 3.05) is 6.61 Å². The van der Waals surface area contributed by atoms with Gasteiger partial charge < -0.3 is 4.74 Å². The van der Waals surface area contributed by atoms with Gasteiger partial charge in [-0.2, -0.15) is 0 Å². The molecule has 1 heteroatoms. The Morgan fingerprint density at radius 1 is 1.44 bits per heavy atom. The summed E-state index contributed by atoms with van der Waals surface area (Å²) in [6, 6.07) is 0. The molecule has 1 rings (SSSR count). The average molecular weight is 122 g/mol. The normalized spacial score (nSPS) is 35.6. The SMILES string of the molecule is [CH]C1CCC(C#C)OC1. The van der Waals surface area contributed by atoms with Crippen LogP contribution in [-0.4, -0.2) is 12.7 Å². The Kier molecular flexibility index (Phi) is 2.13. The van der Waals surface area contributed by atoms with Gasteiger partial charge in [0.2, 0.25) is 0 Å². The van der Waals surface area contributed by atoms with Crippen molar-refractivity contribution in [1.29, 1.82) is 0 Å². The van der Waals surface area contributed by atoms with Crippen LogP contribution < -0.4 is 0 Å². The van der Waals surface area contributed by atoms with E-state index in [1.54, 1.807) is 0 Å². The molecule has 48 valence electrons. The molecule has 0 aromatic heterocycles. The zero-order chi connectivity index (χ0) is 6.69. The Hall–Kier alpha value is -0.480. The minimum atomic E-state index is 0.0183. The number of terminal acetylenes is 1. The van der Waals surface area contributed by atoms with Crippen LogP contribution in [0.1, 0.15) is 12.8 Å². The Balaban J connectivity index is 2.28. The molecular formula is C8H10O. The molecule has 1 heterocycles. The van der Waals surface area contributed by atoms with Crippen LogP contribution in [0.4, 0.5) is 0 Å². The zero-order valence-electron chi connectivity index (χ0n) is 5.34.